The molecule has 9 heavy (non-hydrogen) atoms. The summed E-state index contributed by atoms with van der Waals surface area (Å²) in [6.07, 6.45) is 1.51. The van der Waals surface area contributed by atoms with E-state index in [2.05, 4.69) is 0 Å². The lowest BCUT2D eigenvalue weighted by molar-refractivity contribution is 0.339. The Labute approximate surface area is 55.1 Å². The number of allylic oxidation sites excluding steroid dienone is 3. The molecule has 0 bridgehead atoms. The molecule has 0 aliphatic carbocycles. The van der Waals surface area contributed by atoms with Crippen LogP contribution in [0.4, 0.5) is 0 Å². The summed E-state index contributed by atoms with van der Waals surface area (Å²) in [5.41, 5.74) is 0.959. The van der Waals surface area contributed by atoms with Crippen molar-refractivity contribution in [1.29, 1.82) is 0 Å². The minimum absolute atomic E-state index is 0.0452. The van der Waals surface area contributed by atoms with E-state index in [9.17, 15) is 0 Å². The highest BCUT2D eigenvalue weighted by Crippen LogP contribution is 2.01. The molecule has 0 spiro atoms. The van der Waals surface area contributed by atoms with Gasteiger partial charge in [-0.3, -0.25) is 0 Å². The van der Waals surface area contributed by atoms with E-state index in [1.165, 1.54) is 13.0 Å². The minimum Gasteiger partial charge on any atom is -0.509 e. The first kappa shape index (κ1) is 8.08. The van der Waals surface area contributed by atoms with Crippen LogP contribution in [0.1, 0.15) is 20.8 Å². The average molecular weight is 128 g/mol. The molecule has 0 aromatic rings. The molecular formula is C7H12O2. The van der Waals surface area contributed by atoms with E-state index in [0.29, 0.717) is 0 Å². The van der Waals surface area contributed by atoms with Crippen LogP contribution in [-0.2, 0) is 0 Å². The molecule has 0 aliphatic rings. The summed E-state index contributed by atoms with van der Waals surface area (Å²) >= 11 is 0. The van der Waals surface area contributed by atoms with Crippen molar-refractivity contribution < 1.29 is 10.2 Å². The monoisotopic (exact) mass is 128 g/mol. The average Bonchev–Trinajstić information content (AvgIpc) is 1.63. The molecular weight excluding hydrogens is 116 g/mol. The number of rotatable bonds is 1. The molecule has 0 atom stereocenters. The first-order chi connectivity index (χ1) is 4.04. The lowest BCUT2D eigenvalue weighted by Crippen LogP contribution is -1.81. The first-order valence-corrected chi connectivity index (χ1v) is 2.77. The van der Waals surface area contributed by atoms with Crippen LogP contribution in [-0.4, -0.2) is 10.2 Å². The summed E-state index contributed by atoms with van der Waals surface area (Å²) in [7, 11) is 0. The second-order valence-corrected chi connectivity index (χ2v) is 2.19. The largest absolute Gasteiger partial charge is 0.509 e. The van der Waals surface area contributed by atoms with Crippen molar-refractivity contribution in [1.82, 2.24) is 0 Å². The van der Waals surface area contributed by atoms with Gasteiger partial charge in [-0.25, -0.2) is 0 Å². The number of aliphatic hydroxyl groups excluding tert-OH is 2. The van der Waals surface area contributed by atoms with Crippen molar-refractivity contribution in [2.45, 2.75) is 20.8 Å². The van der Waals surface area contributed by atoms with Crippen LogP contribution in [0, 0.1) is 0 Å². The Morgan fingerprint density at radius 3 is 1.67 bits per heavy atom. The minimum atomic E-state index is -0.0602. The zero-order chi connectivity index (χ0) is 7.44. The van der Waals surface area contributed by atoms with E-state index in [1.807, 2.05) is 13.8 Å². The van der Waals surface area contributed by atoms with E-state index >= 15 is 0 Å². The molecule has 0 saturated carbocycles. The van der Waals surface area contributed by atoms with Crippen LogP contribution in [0.25, 0.3) is 0 Å². The molecule has 0 aliphatic heterocycles. The quantitative estimate of drug-likeness (QED) is 0.420. The Bertz CT molecular complexity index is 146. The SMILES string of the molecule is CC(C)=C/C(O)=C(\C)O. The normalized spacial score (nSPS) is 12.3. The van der Waals surface area contributed by atoms with E-state index in [1.54, 1.807) is 0 Å². The Morgan fingerprint density at radius 1 is 1.11 bits per heavy atom. The third kappa shape index (κ3) is 3.64. The van der Waals surface area contributed by atoms with Crippen molar-refractivity contribution in [3.8, 4) is 0 Å². The Kier molecular flexibility index (Phi) is 2.85. The fraction of sp³-hybridized carbons (Fsp3) is 0.429. The second-order valence-electron chi connectivity index (χ2n) is 2.19. The number of hydrogen-bond acceptors (Lipinski definition) is 2. The van der Waals surface area contributed by atoms with E-state index < -0.39 is 0 Å². The highest BCUT2D eigenvalue weighted by molar-refractivity contribution is 5.16. The van der Waals surface area contributed by atoms with Crippen LogP contribution >= 0.6 is 0 Å². The van der Waals surface area contributed by atoms with Gasteiger partial charge in [-0.2, -0.15) is 0 Å². The van der Waals surface area contributed by atoms with Gasteiger partial charge in [-0.15, -0.1) is 0 Å². The number of aliphatic hydroxyl groups is 2. The van der Waals surface area contributed by atoms with Gasteiger partial charge >= 0.3 is 0 Å². The molecule has 2 nitrogen and oxygen atoms in total. The first-order valence-electron chi connectivity index (χ1n) is 2.77. The van der Waals surface area contributed by atoms with Gasteiger partial charge in [0.05, 0.1) is 0 Å². The zero-order valence-corrected chi connectivity index (χ0v) is 5.97. The topological polar surface area (TPSA) is 40.5 Å². The van der Waals surface area contributed by atoms with Gasteiger partial charge in [0.15, 0.2) is 5.76 Å². The molecule has 0 unspecified atom stereocenters. The fourth-order valence-corrected chi connectivity index (χ4v) is 0.378. The molecule has 2 N–H and O–H groups in total. The van der Waals surface area contributed by atoms with Gasteiger partial charge in [-0.1, -0.05) is 5.57 Å². The summed E-state index contributed by atoms with van der Waals surface area (Å²) in [6.45, 7) is 5.13. The molecule has 0 amide bonds. The molecule has 0 rings (SSSR count). The summed E-state index contributed by atoms with van der Waals surface area (Å²) in [6, 6.07) is 0. The molecule has 0 aromatic heterocycles. The Hall–Kier alpha value is -0.920. The van der Waals surface area contributed by atoms with Gasteiger partial charge in [0.1, 0.15) is 5.76 Å². The smallest absolute Gasteiger partial charge is 0.152 e. The predicted molar refractivity (Wildman–Crippen MR) is 37.4 cm³/mol. The molecule has 0 aromatic carbocycles. The van der Waals surface area contributed by atoms with E-state index in [-0.39, 0.29) is 11.5 Å². The Morgan fingerprint density at radius 2 is 1.56 bits per heavy atom. The van der Waals surface area contributed by atoms with Gasteiger partial charge < -0.3 is 10.2 Å². The summed E-state index contributed by atoms with van der Waals surface area (Å²) in [5.74, 6) is -0.105. The zero-order valence-electron chi connectivity index (χ0n) is 5.97. The van der Waals surface area contributed by atoms with Gasteiger partial charge in [0, 0.05) is 0 Å². The maximum atomic E-state index is 8.85. The maximum absolute atomic E-state index is 8.85. The van der Waals surface area contributed by atoms with Gasteiger partial charge in [0.25, 0.3) is 0 Å². The molecule has 0 heterocycles. The van der Waals surface area contributed by atoms with Crippen LogP contribution < -0.4 is 0 Å². The predicted octanol–water partition coefficient (Wildman–Crippen LogP) is 2.30. The summed E-state index contributed by atoms with van der Waals surface area (Å²) < 4.78 is 0. The van der Waals surface area contributed by atoms with Gasteiger partial charge in [-0.05, 0) is 26.8 Å². The molecule has 52 valence electrons. The third-order valence-electron chi connectivity index (χ3n) is 0.796. The van der Waals surface area contributed by atoms with E-state index in [0.717, 1.165) is 5.57 Å². The summed E-state index contributed by atoms with van der Waals surface area (Å²) in [5, 5.41) is 17.5. The molecule has 2 heteroatoms. The third-order valence-corrected chi connectivity index (χ3v) is 0.796. The lowest BCUT2D eigenvalue weighted by Gasteiger charge is -1.93. The lowest BCUT2D eigenvalue weighted by atomic mass is 10.3. The highest BCUT2D eigenvalue weighted by atomic mass is 16.3. The second kappa shape index (κ2) is 3.17. The maximum Gasteiger partial charge on any atom is 0.152 e. The molecule has 0 fully saturated rings. The van der Waals surface area contributed by atoms with Crippen LogP contribution in [0.2, 0.25) is 0 Å². The van der Waals surface area contributed by atoms with Crippen molar-refractivity contribution in [3.05, 3.63) is 23.2 Å². The van der Waals surface area contributed by atoms with Crippen molar-refractivity contribution in [2.75, 3.05) is 0 Å². The van der Waals surface area contributed by atoms with Gasteiger partial charge in [0.2, 0.25) is 0 Å². The highest BCUT2D eigenvalue weighted by Gasteiger charge is 1.90. The fourth-order valence-electron chi connectivity index (χ4n) is 0.378. The standard InChI is InChI=1S/C7H12O2/c1-5(2)4-7(9)6(3)8/h4,8-9H,1-3H3/b7-6-. The number of hydrogen-bond donors (Lipinski definition) is 2. The molecule has 0 radical (unpaired) electrons. The van der Waals surface area contributed by atoms with Crippen molar-refractivity contribution >= 4 is 0 Å². The van der Waals surface area contributed by atoms with Crippen molar-refractivity contribution in [3.63, 3.8) is 0 Å². The van der Waals surface area contributed by atoms with Crippen LogP contribution in [0.3, 0.4) is 0 Å². The van der Waals surface area contributed by atoms with Crippen LogP contribution in [0.5, 0.6) is 0 Å². The summed E-state index contributed by atoms with van der Waals surface area (Å²) in [4.78, 5) is 0. The molecule has 0 saturated heterocycles. The van der Waals surface area contributed by atoms with E-state index in [4.69, 9.17) is 10.2 Å². The Balaban J connectivity index is 4.25. The van der Waals surface area contributed by atoms with Crippen molar-refractivity contribution in [2.24, 2.45) is 0 Å². The van der Waals surface area contributed by atoms with Crippen LogP contribution in [0.15, 0.2) is 23.2 Å².